The van der Waals surface area contributed by atoms with E-state index in [0.717, 1.165) is 0 Å². The lowest BCUT2D eigenvalue weighted by Crippen LogP contribution is -2.05. The van der Waals surface area contributed by atoms with Gasteiger partial charge in [0.15, 0.2) is 0 Å². The van der Waals surface area contributed by atoms with Crippen molar-refractivity contribution in [3.63, 3.8) is 0 Å². The van der Waals surface area contributed by atoms with Crippen molar-refractivity contribution in [1.82, 2.24) is 0 Å². The summed E-state index contributed by atoms with van der Waals surface area (Å²) in [6.45, 7) is 5.59. The first-order chi connectivity index (χ1) is 5.72. The molecule has 0 spiro atoms. The van der Waals surface area contributed by atoms with Gasteiger partial charge in [-0.1, -0.05) is 12.7 Å². The standard InChI is InChI=1S/C9H11NO2/c1-3-12-9(11)8(2)6-4-5-7-10/h4-5H,2-3,6H2,1H3. The van der Waals surface area contributed by atoms with Crippen molar-refractivity contribution in [2.75, 3.05) is 6.61 Å². The lowest BCUT2D eigenvalue weighted by atomic mass is 10.2. The summed E-state index contributed by atoms with van der Waals surface area (Å²) in [4.78, 5) is 10.9. The number of nitriles is 1. The normalized spacial score (nSPS) is 9.33. The minimum atomic E-state index is -0.403. The highest BCUT2D eigenvalue weighted by atomic mass is 16.5. The first-order valence-corrected chi connectivity index (χ1v) is 3.62. The van der Waals surface area contributed by atoms with Crippen LogP contribution in [0.2, 0.25) is 0 Å². The number of nitrogens with zero attached hydrogens (tertiary/aromatic N) is 1. The van der Waals surface area contributed by atoms with Crippen molar-refractivity contribution < 1.29 is 9.53 Å². The van der Waals surface area contributed by atoms with Crippen LogP contribution in [0, 0.1) is 11.3 Å². The Labute approximate surface area is 71.9 Å². The molecule has 0 amide bonds. The molecule has 0 aromatic heterocycles. The summed E-state index contributed by atoms with van der Waals surface area (Å²) in [7, 11) is 0. The Kier molecular flexibility index (Phi) is 5.37. The molecule has 0 bridgehead atoms. The molecule has 3 nitrogen and oxygen atoms in total. The minimum absolute atomic E-state index is 0.347. The number of allylic oxidation sites excluding steroid dienone is 2. The van der Waals surface area contributed by atoms with Gasteiger partial charge in [0.2, 0.25) is 0 Å². The summed E-state index contributed by atoms with van der Waals surface area (Å²) in [5.41, 5.74) is 0.364. The predicted octanol–water partition coefficient (Wildman–Crippen LogP) is 1.58. The number of carbonyl (C=O) groups excluding carboxylic acids is 1. The van der Waals surface area contributed by atoms with Crippen LogP contribution in [0.15, 0.2) is 24.3 Å². The van der Waals surface area contributed by atoms with Crippen LogP contribution in [0.25, 0.3) is 0 Å². The number of hydrogen-bond donors (Lipinski definition) is 0. The maximum absolute atomic E-state index is 10.9. The van der Waals surface area contributed by atoms with Crippen molar-refractivity contribution in [2.24, 2.45) is 0 Å². The van der Waals surface area contributed by atoms with Gasteiger partial charge in [-0.15, -0.1) is 0 Å². The van der Waals surface area contributed by atoms with E-state index in [9.17, 15) is 4.79 Å². The van der Waals surface area contributed by atoms with Crippen LogP contribution in [0.5, 0.6) is 0 Å². The van der Waals surface area contributed by atoms with E-state index in [-0.39, 0.29) is 0 Å². The quantitative estimate of drug-likeness (QED) is 0.361. The molecule has 0 radical (unpaired) electrons. The first kappa shape index (κ1) is 10.4. The van der Waals surface area contributed by atoms with Gasteiger partial charge in [0.25, 0.3) is 0 Å². The van der Waals surface area contributed by atoms with Gasteiger partial charge in [-0.25, -0.2) is 4.79 Å². The molecular formula is C9H11NO2. The third-order valence-electron chi connectivity index (χ3n) is 1.12. The molecular weight excluding hydrogens is 154 g/mol. The molecule has 0 aliphatic rings. The summed E-state index contributed by atoms with van der Waals surface area (Å²) < 4.78 is 4.68. The number of carbonyl (C=O) groups is 1. The fraction of sp³-hybridized carbons (Fsp3) is 0.333. The molecule has 0 aromatic rings. The Balaban J connectivity index is 3.81. The number of hydrogen-bond acceptors (Lipinski definition) is 3. The Morgan fingerprint density at radius 2 is 2.42 bits per heavy atom. The largest absolute Gasteiger partial charge is 0.463 e. The van der Waals surface area contributed by atoms with Crippen LogP contribution in [-0.4, -0.2) is 12.6 Å². The molecule has 0 fully saturated rings. The molecule has 0 aliphatic heterocycles. The zero-order chi connectivity index (χ0) is 9.40. The summed E-state index contributed by atoms with van der Waals surface area (Å²) in [5.74, 6) is -0.403. The van der Waals surface area contributed by atoms with E-state index < -0.39 is 5.97 Å². The molecule has 0 rings (SSSR count). The van der Waals surface area contributed by atoms with E-state index in [2.05, 4.69) is 11.3 Å². The van der Waals surface area contributed by atoms with E-state index in [0.29, 0.717) is 18.6 Å². The Morgan fingerprint density at radius 1 is 1.75 bits per heavy atom. The van der Waals surface area contributed by atoms with Gasteiger partial charge in [0.05, 0.1) is 12.7 Å². The maximum Gasteiger partial charge on any atom is 0.333 e. The lowest BCUT2D eigenvalue weighted by Gasteiger charge is -2.00. The summed E-state index contributed by atoms with van der Waals surface area (Å²) >= 11 is 0. The number of rotatable bonds is 4. The van der Waals surface area contributed by atoms with Crippen molar-refractivity contribution in [2.45, 2.75) is 13.3 Å². The topological polar surface area (TPSA) is 50.1 Å². The summed E-state index contributed by atoms with van der Waals surface area (Å²) in [6, 6.07) is 1.82. The van der Waals surface area contributed by atoms with Gasteiger partial charge in [-0.2, -0.15) is 5.26 Å². The molecule has 64 valence electrons. The van der Waals surface area contributed by atoms with Gasteiger partial charge in [0, 0.05) is 11.6 Å². The van der Waals surface area contributed by atoms with Gasteiger partial charge in [0.1, 0.15) is 0 Å². The zero-order valence-electron chi connectivity index (χ0n) is 7.04. The molecule has 0 saturated heterocycles. The van der Waals surface area contributed by atoms with Crippen LogP contribution in [0.1, 0.15) is 13.3 Å². The van der Waals surface area contributed by atoms with Crippen molar-refractivity contribution in [3.8, 4) is 6.07 Å². The van der Waals surface area contributed by atoms with Crippen molar-refractivity contribution in [1.29, 1.82) is 5.26 Å². The number of esters is 1. The monoisotopic (exact) mass is 165 g/mol. The fourth-order valence-corrected chi connectivity index (χ4v) is 0.570. The van der Waals surface area contributed by atoms with Crippen molar-refractivity contribution >= 4 is 5.97 Å². The van der Waals surface area contributed by atoms with Gasteiger partial charge >= 0.3 is 5.97 Å². The summed E-state index contributed by atoms with van der Waals surface area (Å²) in [6.07, 6.45) is 3.25. The Morgan fingerprint density at radius 3 is 2.92 bits per heavy atom. The van der Waals surface area contributed by atoms with E-state index in [1.54, 1.807) is 13.0 Å². The minimum Gasteiger partial charge on any atom is -0.463 e. The van der Waals surface area contributed by atoms with Crippen LogP contribution in [0.4, 0.5) is 0 Å². The van der Waals surface area contributed by atoms with E-state index in [4.69, 9.17) is 5.26 Å². The lowest BCUT2D eigenvalue weighted by molar-refractivity contribution is -0.138. The maximum atomic E-state index is 10.9. The van der Waals surface area contributed by atoms with Crippen LogP contribution < -0.4 is 0 Å². The SMILES string of the molecule is C=C(CC=CC#N)C(=O)OCC. The van der Waals surface area contributed by atoms with E-state index in [1.807, 2.05) is 6.07 Å². The molecule has 0 heterocycles. The van der Waals surface area contributed by atoms with Gasteiger partial charge in [-0.3, -0.25) is 0 Å². The second-order valence-electron chi connectivity index (χ2n) is 2.06. The molecule has 0 aliphatic carbocycles. The van der Waals surface area contributed by atoms with E-state index in [1.165, 1.54) is 6.08 Å². The second kappa shape index (κ2) is 6.17. The molecule has 12 heavy (non-hydrogen) atoms. The third-order valence-corrected chi connectivity index (χ3v) is 1.12. The average molecular weight is 165 g/mol. The predicted molar refractivity (Wildman–Crippen MR) is 45.1 cm³/mol. The average Bonchev–Trinajstić information content (AvgIpc) is 2.05. The molecule has 0 saturated carbocycles. The second-order valence-corrected chi connectivity index (χ2v) is 2.06. The van der Waals surface area contributed by atoms with Crippen LogP contribution >= 0.6 is 0 Å². The molecule has 0 unspecified atom stereocenters. The van der Waals surface area contributed by atoms with Crippen LogP contribution in [-0.2, 0) is 9.53 Å². The fourth-order valence-electron chi connectivity index (χ4n) is 0.570. The highest BCUT2D eigenvalue weighted by Crippen LogP contribution is 2.01. The van der Waals surface area contributed by atoms with Crippen LogP contribution in [0.3, 0.4) is 0 Å². The molecule has 0 atom stereocenters. The summed E-state index contributed by atoms with van der Waals surface area (Å²) in [5, 5.41) is 8.14. The molecule has 0 aromatic carbocycles. The highest BCUT2D eigenvalue weighted by Gasteiger charge is 2.04. The first-order valence-electron chi connectivity index (χ1n) is 3.62. The smallest absolute Gasteiger partial charge is 0.333 e. The molecule has 3 heteroatoms. The zero-order valence-corrected chi connectivity index (χ0v) is 7.04. The van der Waals surface area contributed by atoms with Crippen molar-refractivity contribution in [3.05, 3.63) is 24.3 Å². The van der Waals surface area contributed by atoms with Gasteiger partial charge < -0.3 is 4.74 Å². The number of ether oxygens (including phenoxy) is 1. The van der Waals surface area contributed by atoms with Gasteiger partial charge in [-0.05, 0) is 13.3 Å². The Hall–Kier alpha value is -1.56. The van der Waals surface area contributed by atoms with E-state index >= 15 is 0 Å². The third kappa shape index (κ3) is 4.29. The highest BCUT2D eigenvalue weighted by molar-refractivity contribution is 5.87. The molecule has 0 N–H and O–H groups in total. The Bertz CT molecular complexity index is 235.